The Morgan fingerprint density at radius 1 is 1.17 bits per heavy atom. The smallest absolute Gasteiger partial charge is 0.257 e. The van der Waals surface area contributed by atoms with Crippen LogP contribution in [0.25, 0.3) is 0 Å². The maximum Gasteiger partial charge on any atom is 0.257 e. The van der Waals surface area contributed by atoms with E-state index in [4.69, 9.17) is 14.2 Å². The fourth-order valence-electron chi connectivity index (χ4n) is 3.55. The number of carbonyl (C=O) groups excluding carboxylic acids is 1. The second kappa shape index (κ2) is 8.87. The molecular formula is C24H31NO4. The lowest BCUT2D eigenvalue weighted by Gasteiger charge is -2.24. The second-order valence-electron chi connectivity index (χ2n) is 7.78. The summed E-state index contributed by atoms with van der Waals surface area (Å²) in [7, 11) is 3.22. The molecule has 2 aromatic rings. The van der Waals surface area contributed by atoms with Crippen molar-refractivity contribution in [1.29, 1.82) is 0 Å². The number of ether oxygens (including phenoxy) is 3. The average molecular weight is 398 g/mol. The van der Waals surface area contributed by atoms with Gasteiger partial charge in [-0.25, -0.2) is 0 Å². The molecule has 0 aromatic heterocycles. The summed E-state index contributed by atoms with van der Waals surface area (Å²) in [5.74, 6) is 1.47. The van der Waals surface area contributed by atoms with Gasteiger partial charge in [0.15, 0.2) is 0 Å². The van der Waals surface area contributed by atoms with E-state index in [0.717, 1.165) is 23.5 Å². The highest BCUT2D eigenvalue weighted by Crippen LogP contribution is 2.35. The molecule has 1 atom stereocenters. The van der Waals surface area contributed by atoms with Crippen molar-refractivity contribution in [3.63, 3.8) is 0 Å². The molecule has 1 aliphatic rings. The van der Waals surface area contributed by atoms with Crippen molar-refractivity contribution in [2.24, 2.45) is 0 Å². The minimum absolute atomic E-state index is 0.0404. The minimum Gasteiger partial charge on any atom is -0.496 e. The van der Waals surface area contributed by atoms with Crippen LogP contribution in [-0.2, 0) is 11.3 Å². The number of benzene rings is 2. The Morgan fingerprint density at radius 3 is 2.41 bits per heavy atom. The van der Waals surface area contributed by atoms with E-state index in [-0.39, 0.29) is 17.9 Å². The van der Waals surface area contributed by atoms with E-state index in [9.17, 15) is 4.79 Å². The number of carbonyl (C=O) groups is 1. The molecule has 1 heterocycles. The van der Waals surface area contributed by atoms with Crippen LogP contribution >= 0.6 is 0 Å². The maximum absolute atomic E-state index is 13.5. The Labute approximate surface area is 173 Å². The van der Waals surface area contributed by atoms with E-state index < -0.39 is 0 Å². The molecule has 0 spiro atoms. The second-order valence-corrected chi connectivity index (χ2v) is 7.78. The van der Waals surface area contributed by atoms with Gasteiger partial charge >= 0.3 is 0 Å². The monoisotopic (exact) mass is 397 g/mol. The summed E-state index contributed by atoms with van der Waals surface area (Å²) in [6.45, 7) is 10.2. The zero-order chi connectivity index (χ0) is 21.1. The van der Waals surface area contributed by atoms with Gasteiger partial charge in [-0.1, -0.05) is 32.0 Å². The van der Waals surface area contributed by atoms with Crippen molar-refractivity contribution in [3.05, 3.63) is 58.1 Å². The number of methoxy groups -OCH3 is 2. The highest BCUT2D eigenvalue weighted by atomic mass is 16.6. The van der Waals surface area contributed by atoms with Crippen molar-refractivity contribution in [3.8, 4) is 11.5 Å². The lowest BCUT2D eigenvalue weighted by molar-refractivity contribution is 0.0748. The van der Waals surface area contributed by atoms with Gasteiger partial charge in [-0.05, 0) is 48.1 Å². The molecule has 0 saturated carbocycles. The number of nitrogens with zero attached hydrogens (tertiary/aromatic N) is 1. The number of amides is 1. The summed E-state index contributed by atoms with van der Waals surface area (Å²) in [6, 6.07) is 10.1. The van der Waals surface area contributed by atoms with E-state index in [0.29, 0.717) is 24.4 Å². The summed E-state index contributed by atoms with van der Waals surface area (Å²) >= 11 is 0. The molecule has 1 unspecified atom stereocenters. The molecule has 156 valence electrons. The number of rotatable bonds is 8. The normalized spacial score (nSPS) is 15.3. The highest BCUT2D eigenvalue weighted by molar-refractivity contribution is 5.97. The molecule has 3 rings (SSSR count). The molecule has 1 fully saturated rings. The molecule has 0 radical (unpaired) electrons. The number of epoxide rings is 1. The van der Waals surface area contributed by atoms with Gasteiger partial charge in [-0.3, -0.25) is 4.79 Å². The van der Waals surface area contributed by atoms with Crippen molar-refractivity contribution in [2.45, 2.75) is 46.3 Å². The molecule has 1 aliphatic heterocycles. The first-order valence-electron chi connectivity index (χ1n) is 10.2. The summed E-state index contributed by atoms with van der Waals surface area (Å²) in [5, 5.41) is 0. The van der Waals surface area contributed by atoms with Crippen LogP contribution in [-0.4, -0.2) is 38.2 Å². The van der Waals surface area contributed by atoms with Crippen molar-refractivity contribution < 1.29 is 19.0 Å². The van der Waals surface area contributed by atoms with Crippen LogP contribution in [0.3, 0.4) is 0 Å². The van der Waals surface area contributed by atoms with Crippen LogP contribution < -0.4 is 9.47 Å². The molecule has 0 aliphatic carbocycles. The first-order chi connectivity index (χ1) is 13.9. The van der Waals surface area contributed by atoms with Gasteiger partial charge in [-0.15, -0.1) is 0 Å². The van der Waals surface area contributed by atoms with Crippen LogP contribution in [0.4, 0.5) is 0 Å². The number of aryl methyl sites for hydroxylation is 1. The van der Waals surface area contributed by atoms with Crippen LogP contribution in [0.15, 0.2) is 30.3 Å². The van der Waals surface area contributed by atoms with Gasteiger partial charge in [0.05, 0.1) is 26.4 Å². The van der Waals surface area contributed by atoms with E-state index in [1.54, 1.807) is 14.2 Å². The number of hydrogen-bond donors (Lipinski definition) is 0. The van der Waals surface area contributed by atoms with Crippen LogP contribution in [0, 0.1) is 6.92 Å². The highest BCUT2D eigenvalue weighted by Gasteiger charge is 2.26. The van der Waals surface area contributed by atoms with E-state index in [1.807, 2.05) is 24.0 Å². The lowest BCUT2D eigenvalue weighted by atomic mass is 9.97. The summed E-state index contributed by atoms with van der Waals surface area (Å²) in [5.41, 5.74) is 5.06. The molecule has 2 aromatic carbocycles. The van der Waals surface area contributed by atoms with Crippen LogP contribution in [0.2, 0.25) is 0 Å². The summed E-state index contributed by atoms with van der Waals surface area (Å²) in [4.78, 5) is 15.3. The molecule has 1 saturated heterocycles. The zero-order valence-corrected chi connectivity index (χ0v) is 18.2. The molecule has 29 heavy (non-hydrogen) atoms. The Kier molecular flexibility index (Phi) is 6.48. The fraction of sp³-hybridized carbons (Fsp3) is 0.458. The molecule has 0 bridgehead atoms. The third kappa shape index (κ3) is 4.56. The predicted octanol–water partition coefficient (Wildman–Crippen LogP) is 4.87. The van der Waals surface area contributed by atoms with Crippen molar-refractivity contribution >= 4 is 5.91 Å². The van der Waals surface area contributed by atoms with Gasteiger partial charge in [0.25, 0.3) is 5.91 Å². The van der Waals surface area contributed by atoms with Crippen molar-refractivity contribution in [2.75, 3.05) is 27.4 Å². The van der Waals surface area contributed by atoms with Gasteiger partial charge < -0.3 is 19.1 Å². The Bertz CT molecular complexity index is 887. The summed E-state index contributed by atoms with van der Waals surface area (Å²) in [6.07, 6.45) is 0.204. The lowest BCUT2D eigenvalue weighted by Crippen LogP contribution is -2.31. The summed E-state index contributed by atoms with van der Waals surface area (Å²) < 4.78 is 16.5. The first-order valence-corrected chi connectivity index (χ1v) is 10.2. The first kappa shape index (κ1) is 21.2. The van der Waals surface area contributed by atoms with E-state index >= 15 is 0 Å². The molecule has 5 heteroatoms. The van der Waals surface area contributed by atoms with Gasteiger partial charge in [0.2, 0.25) is 0 Å². The Hall–Kier alpha value is -2.53. The topological polar surface area (TPSA) is 51.3 Å². The van der Waals surface area contributed by atoms with E-state index in [2.05, 4.69) is 39.0 Å². The molecular weight excluding hydrogens is 366 g/mol. The quantitative estimate of drug-likeness (QED) is 0.597. The minimum atomic E-state index is -0.0404. The standard InChI is InChI=1S/C24H31NO4/c1-7-25(13-18-10-17(23-14-29-23)9-8-16(18)4)24(26)20-11-19(15(2)3)21(27-5)12-22(20)28-6/h8-12,15,23H,7,13-14H2,1-6H3. The zero-order valence-electron chi connectivity index (χ0n) is 18.2. The SMILES string of the molecule is CCN(Cc1cc(C2CO2)ccc1C)C(=O)c1cc(C(C)C)c(OC)cc1OC. The fourth-order valence-corrected chi connectivity index (χ4v) is 3.55. The Morgan fingerprint density at radius 2 is 1.86 bits per heavy atom. The van der Waals surface area contributed by atoms with E-state index in [1.165, 1.54) is 11.1 Å². The third-order valence-corrected chi connectivity index (χ3v) is 5.51. The maximum atomic E-state index is 13.5. The van der Waals surface area contributed by atoms with Gasteiger partial charge in [0, 0.05) is 19.2 Å². The molecule has 1 amide bonds. The Balaban J connectivity index is 1.93. The van der Waals surface area contributed by atoms with Crippen molar-refractivity contribution in [1.82, 2.24) is 4.90 Å². The molecule has 0 N–H and O–H groups in total. The largest absolute Gasteiger partial charge is 0.496 e. The van der Waals surface area contributed by atoms with Crippen LogP contribution in [0.5, 0.6) is 11.5 Å². The van der Waals surface area contributed by atoms with Gasteiger partial charge in [-0.2, -0.15) is 0 Å². The number of hydrogen-bond acceptors (Lipinski definition) is 4. The predicted molar refractivity (Wildman–Crippen MR) is 114 cm³/mol. The average Bonchev–Trinajstić information content (AvgIpc) is 3.56. The van der Waals surface area contributed by atoms with Crippen LogP contribution in [0.1, 0.15) is 65.4 Å². The van der Waals surface area contributed by atoms with Gasteiger partial charge in [0.1, 0.15) is 17.6 Å². The third-order valence-electron chi connectivity index (χ3n) is 5.51. The molecule has 5 nitrogen and oxygen atoms in total.